The van der Waals surface area contributed by atoms with Crippen LogP contribution in [-0.2, 0) is 19.9 Å². The first-order chi connectivity index (χ1) is 9.26. The summed E-state index contributed by atoms with van der Waals surface area (Å²) >= 11 is 0. The van der Waals surface area contributed by atoms with Crippen molar-refractivity contribution >= 4 is 19.9 Å². The van der Waals surface area contributed by atoms with E-state index >= 15 is 0 Å². The van der Waals surface area contributed by atoms with Crippen LogP contribution in [0.25, 0.3) is 0 Å². The second-order valence-electron chi connectivity index (χ2n) is 4.31. The van der Waals surface area contributed by atoms with Gasteiger partial charge in [0.25, 0.3) is 0 Å². The highest BCUT2D eigenvalue weighted by molar-refractivity contribution is 7.92. The van der Waals surface area contributed by atoms with Crippen molar-refractivity contribution in [2.75, 3.05) is 24.6 Å². The van der Waals surface area contributed by atoms with E-state index in [1.165, 1.54) is 0 Å². The molecule has 1 heterocycles. The summed E-state index contributed by atoms with van der Waals surface area (Å²) < 4.78 is 61.4. The zero-order valence-corrected chi connectivity index (χ0v) is 11.9. The number of benzene rings is 1. The van der Waals surface area contributed by atoms with Gasteiger partial charge in [-0.1, -0.05) is 0 Å². The molecule has 0 atom stereocenters. The molecule has 0 bridgehead atoms. The molecule has 20 heavy (non-hydrogen) atoms. The van der Waals surface area contributed by atoms with Gasteiger partial charge in [0.2, 0.25) is 10.0 Å². The van der Waals surface area contributed by atoms with Gasteiger partial charge in [-0.3, -0.25) is 0 Å². The van der Waals surface area contributed by atoms with Crippen LogP contribution in [0.3, 0.4) is 0 Å². The summed E-state index contributed by atoms with van der Waals surface area (Å²) in [6.45, 7) is -0.270. The van der Waals surface area contributed by atoms with Crippen molar-refractivity contribution in [2.45, 2.75) is 4.90 Å². The lowest BCUT2D eigenvalue weighted by atomic mass is 10.2. The van der Waals surface area contributed by atoms with Crippen LogP contribution in [0.1, 0.15) is 5.56 Å². The molecule has 9 heteroatoms. The maximum atomic E-state index is 13.2. The number of sulfone groups is 1. The molecule has 0 unspecified atom stereocenters. The average molecular weight is 318 g/mol. The highest BCUT2D eigenvalue weighted by Gasteiger charge is 2.31. The summed E-state index contributed by atoms with van der Waals surface area (Å²) in [7, 11) is -7.11. The lowest BCUT2D eigenvalue weighted by molar-refractivity contribution is 0.430. The van der Waals surface area contributed by atoms with Crippen molar-refractivity contribution in [1.82, 2.24) is 4.31 Å². The number of rotatable bonds is 2. The Labute approximate surface area is 116 Å². The van der Waals surface area contributed by atoms with E-state index in [1.54, 1.807) is 6.07 Å². The van der Waals surface area contributed by atoms with E-state index in [0.717, 1.165) is 22.5 Å². The lowest BCUT2D eigenvalue weighted by Gasteiger charge is -2.25. The third kappa shape index (κ3) is 2.82. The fourth-order valence-electron chi connectivity index (χ4n) is 1.84. The minimum atomic E-state index is -3.91. The summed E-state index contributed by atoms with van der Waals surface area (Å²) in [4.78, 5) is -0.213. The second kappa shape index (κ2) is 5.12. The van der Waals surface area contributed by atoms with Gasteiger partial charge in [0.1, 0.15) is 11.9 Å². The molecule has 0 aromatic heterocycles. The van der Waals surface area contributed by atoms with Gasteiger partial charge in [0.05, 0.1) is 22.0 Å². The van der Waals surface area contributed by atoms with E-state index in [1.807, 2.05) is 0 Å². The van der Waals surface area contributed by atoms with Gasteiger partial charge >= 0.3 is 0 Å². The normalized spacial score (nSPS) is 19.4. The zero-order valence-electron chi connectivity index (χ0n) is 10.3. The van der Waals surface area contributed by atoms with Gasteiger partial charge in [0.15, 0.2) is 9.84 Å². The molecule has 1 fully saturated rings. The molecule has 0 saturated carbocycles. The average Bonchev–Trinajstić information content (AvgIpc) is 2.38. The quantitative estimate of drug-likeness (QED) is 0.771. The highest BCUT2D eigenvalue weighted by atomic mass is 32.2. The molecule has 1 aromatic rings. The van der Waals surface area contributed by atoms with Crippen molar-refractivity contribution in [3.05, 3.63) is 29.6 Å². The molecule has 1 aromatic carbocycles. The number of nitrogens with zero attached hydrogens (tertiary/aromatic N) is 2. The summed E-state index contributed by atoms with van der Waals surface area (Å²) in [5, 5.41) is 8.71. The number of sulfonamides is 1. The standard InChI is InChI=1S/C11H11FN2O4S2/c12-11-2-1-10(7-9(11)8-13)20(17,18)14-3-5-19(15,16)6-4-14/h1-2,7H,3-6H2. The van der Waals surface area contributed by atoms with Crippen molar-refractivity contribution < 1.29 is 21.2 Å². The molecule has 1 aliphatic heterocycles. The lowest BCUT2D eigenvalue weighted by Crippen LogP contribution is -2.43. The molecule has 0 aliphatic carbocycles. The fourth-order valence-corrected chi connectivity index (χ4v) is 4.74. The van der Waals surface area contributed by atoms with Gasteiger partial charge in [-0.25, -0.2) is 21.2 Å². The Bertz CT molecular complexity index is 767. The monoisotopic (exact) mass is 318 g/mol. The van der Waals surface area contributed by atoms with Crippen LogP contribution in [-0.4, -0.2) is 45.7 Å². The molecule has 6 nitrogen and oxygen atoms in total. The maximum Gasteiger partial charge on any atom is 0.243 e. The Morgan fingerprint density at radius 3 is 2.40 bits per heavy atom. The molecule has 0 radical (unpaired) electrons. The minimum Gasteiger partial charge on any atom is -0.229 e. The van der Waals surface area contributed by atoms with Crippen molar-refractivity contribution in [3.63, 3.8) is 0 Å². The summed E-state index contributed by atoms with van der Waals surface area (Å²) in [5.41, 5.74) is -0.365. The molecule has 1 aliphatic rings. The predicted molar refractivity (Wildman–Crippen MR) is 68.5 cm³/mol. The first-order valence-electron chi connectivity index (χ1n) is 5.66. The van der Waals surface area contributed by atoms with E-state index < -0.39 is 25.7 Å². The molecule has 1 saturated heterocycles. The van der Waals surface area contributed by atoms with Crippen LogP contribution in [0.5, 0.6) is 0 Å². The van der Waals surface area contributed by atoms with Crippen LogP contribution < -0.4 is 0 Å². The van der Waals surface area contributed by atoms with Crippen molar-refractivity contribution in [2.24, 2.45) is 0 Å². The topological polar surface area (TPSA) is 95.3 Å². The van der Waals surface area contributed by atoms with Crippen LogP contribution >= 0.6 is 0 Å². The largest absolute Gasteiger partial charge is 0.243 e. The maximum absolute atomic E-state index is 13.2. The number of nitriles is 1. The third-order valence-electron chi connectivity index (χ3n) is 3.00. The van der Waals surface area contributed by atoms with Gasteiger partial charge < -0.3 is 0 Å². The molecular weight excluding hydrogens is 307 g/mol. The minimum absolute atomic E-state index is 0.135. The Balaban J connectivity index is 2.35. The molecule has 0 amide bonds. The highest BCUT2D eigenvalue weighted by Crippen LogP contribution is 2.20. The fraction of sp³-hybridized carbons (Fsp3) is 0.364. The van der Waals surface area contributed by atoms with Crippen molar-refractivity contribution in [1.29, 1.82) is 5.26 Å². The Kier molecular flexibility index (Phi) is 3.82. The van der Waals surface area contributed by atoms with Crippen LogP contribution in [0.2, 0.25) is 0 Å². The first-order valence-corrected chi connectivity index (χ1v) is 8.93. The molecule has 108 valence electrons. The number of hydrogen-bond donors (Lipinski definition) is 0. The van der Waals surface area contributed by atoms with Gasteiger partial charge in [-0.2, -0.15) is 9.57 Å². The smallest absolute Gasteiger partial charge is 0.229 e. The van der Waals surface area contributed by atoms with Gasteiger partial charge in [0, 0.05) is 13.1 Å². The van der Waals surface area contributed by atoms with Crippen LogP contribution in [0, 0.1) is 17.1 Å². The molecule has 2 rings (SSSR count). The summed E-state index contributed by atoms with van der Waals surface area (Å²) in [6.07, 6.45) is 0. The second-order valence-corrected chi connectivity index (χ2v) is 8.55. The van der Waals surface area contributed by atoms with E-state index in [-0.39, 0.29) is 35.1 Å². The Morgan fingerprint density at radius 1 is 1.25 bits per heavy atom. The van der Waals surface area contributed by atoms with E-state index in [9.17, 15) is 21.2 Å². The molecule has 0 N–H and O–H groups in total. The SMILES string of the molecule is N#Cc1cc(S(=O)(=O)N2CCS(=O)(=O)CC2)ccc1F. The summed E-state index contributed by atoms with van der Waals surface area (Å²) in [5.74, 6) is -1.27. The van der Waals surface area contributed by atoms with E-state index in [0.29, 0.717) is 0 Å². The van der Waals surface area contributed by atoms with Gasteiger partial charge in [-0.15, -0.1) is 0 Å². The number of halogens is 1. The molecule has 0 spiro atoms. The van der Waals surface area contributed by atoms with Gasteiger partial charge in [-0.05, 0) is 18.2 Å². The predicted octanol–water partition coefficient (Wildman–Crippen LogP) is 0.116. The number of hydrogen-bond acceptors (Lipinski definition) is 5. The van der Waals surface area contributed by atoms with E-state index in [4.69, 9.17) is 5.26 Å². The first kappa shape index (κ1) is 14.9. The third-order valence-corrected chi connectivity index (χ3v) is 6.50. The van der Waals surface area contributed by atoms with Crippen molar-refractivity contribution in [3.8, 4) is 6.07 Å². The summed E-state index contributed by atoms with van der Waals surface area (Å²) in [6, 6.07) is 4.50. The van der Waals surface area contributed by atoms with E-state index in [2.05, 4.69) is 0 Å². The Hall–Kier alpha value is -1.50. The van der Waals surface area contributed by atoms with Crippen LogP contribution in [0.15, 0.2) is 23.1 Å². The molecular formula is C11H11FN2O4S2. The Morgan fingerprint density at radius 2 is 1.85 bits per heavy atom. The van der Waals surface area contributed by atoms with Crippen LogP contribution in [0.4, 0.5) is 4.39 Å². The zero-order chi connectivity index (χ0) is 15.0.